The van der Waals surface area contributed by atoms with Crippen molar-refractivity contribution in [2.45, 2.75) is 19.4 Å². The van der Waals surface area contributed by atoms with Gasteiger partial charge in [-0.2, -0.15) is 0 Å². The Hall–Kier alpha value is -1.14. The lowest BCUT2D eigenvalue weighted by Gasteiger charge is -2.17. The number of rotatable bonds is 5. The van der Waals surface area contributed by atoms with Crippen LogP contribution in [0.2, 0.25) is 0 Å². The van der Waals surface area contributed by atoms with Crippen molar-refractivity contribution in [2.24, 2.45) is 5.92 Å². The molecule has 2 atom stereocenters. The van der Waals surface area contributed by atoms with Gasteiger partial charge in [0.15, 0.2) is 0 Å². The molecule has 0 spiro atoms. The molecule has 0 saturated carbocycles. The topological polar surface area (TPSA) is 87.1 Å². The summed E-state index contributed by atoms with van der Waals surface area (Å²) in [4.78, 5) is 23.3. The van der Waals surface area contributed by atoms with Gasteiger partial charge in [0, 0.05) is 19.0 Å². The Kier molecular flexibility index (Phi) is 4.70. The van der Waals surface area contributed by atoms with Gasteiger partial charge in [-0.25, -0.2) is 4.79 Å². The van der Waals surface area contributed by atoms with E-state index in [2.05, 4.69) is 0 Å². The van der Waals surface area contributed by atoms with Crippen molar-refractivity contribution in [3.05, 3.63) is 0 Å². The number of nitrogens with zero attached hydrogens (tertiary/aromatic N) is 1. The number of ether oxygens (including phenoxy) is 1. The monoisotopic (exact) mass is 231 g/mol. The van der Waals surface area contributed by atoms with Crippen molar-refractivity contribution in [3.63, 3.8) is 0 Å². The normalized spacial score (nSPS) is 22.1. The highest BCUT2D eigenvalue weighted by molar-refractivity contribution is 5.78. The second-order valence-corrected chi connectivity index (χ2v) is 4.02. The van der Waals surface area contributed by atoms with E-state index in [4.69, 9.17) is 9.84 Å². The Morgan fingerprint density at radius 3 is 2.69 bits per heavy atom. The van der Waals surface area contributed by atoms with Crippen LogP contribution in [0.25, 0.3) is 0 Å². The third kappa shape index (κ3) is 3.79. The first kappa shape index (κ1) is 12.9. The summed E-state index contributed by atoms with van der Waals surface area (Å²) in [6.07, 6.45) is 0.361. The summed E-state index contributed by atoms with van der Waals surface area (Å²) in [5, 5.41) is 17.7. The van der Waals surface area contributed by atoms with Crippen LogP contribution in [0.4, 0.5) is 0 Å². The fourth-order valence-electron chi connectivity index (χ4n) is 1.72. The van der Waals surface area contributed by atoms with Gasteiger partial charge < -0.3 is 19.8 Å². The summed E-state index contributed by atoms with van der Waals surface area (Å²) in [7, 11) is 0. The number of carboxylic acids is 1. The minimum atomic E-state index is -1.09. The molecule has 1 saturated heterocycles. The quantitative estimate of drug-likeness (QED) is 0.654. The largest absolute Gasteiger partial charge is 0.480 e. The van der Waals surface area contributed by atoms with Crippen LogP contribution in [0.3, 0.4) is 0 Å². The minimum absolute atomic E-state index is 0.114. The lowest BCUT2D eigenvalue weighted by molar-refractivity contribution is -0.145. The maximum absolute atomic E-state index is 11.5. The van der Waals surface area contributed by atoms with Gasteiger partial charge in [0.1, 0.15) is 13.2 Å². The number of likely N-dealkylation sites (tertiary alicyclic amines) is 1. The summed E-state index contributed by atoms with van der Waals surface area (Å²) >= 11 is 0. The molecule has 0 aromatic rings. The molecule has 2 unspecified atom stereocenters. The van der Waals surface area contributed by atoms with E-state index in [9.17, 15) is 14.7 Å². The molecule has 92 valence electrons. The molecule has 6 heteroatoms. The smallest absolute Gasteiger partial charge is 0.329 e. The van der Waals surface area contributed by atoms with Crippen molar-refractivity contribution >= 4 is 11.9 Å². The molecule has 0 radical (unpaired) electrons. The van der Waals surface area contributed by atoms with E-state index >= 15 is 0 Å². The maximum Gasteiger partial charge on any atom is 0.329 e. The Balaban J connectivity index is 2.25. The molecule has 1 aliphatic heterocycles. The van der Waals surface area contributed by atoms with E-state index in [0.717, 1.165) is 6.42 Å². The molecule has 1 fully saturated rings. The van der Waals surface area contributed by atoms with E-state index in [1.54, 1.807) is 11.8 Å². The number of carbonyl (C=O) groups is 2. The molecular formula is C10H17NO5. The molecule has 0 bridgehead atoms. The van der Waals surface area contributed by atoms with E-state index < -0.39 is 18.7 Å². The van der Waals surface area contributed by atoms with Crippen LogP contribution in [-0.2, 0) is 14.3 Å². The first-order valence-electron chi connectivity index (χ1n) is 5.26. The molecule has 16 heavy (non-hydrogen) atoms. The van der Waals surface area contributed by atoms with Gasteiger partial charge in [0.05, 0.1) is 6.10 Å². The zero-order valence-electron chi connectivity index (χ0n) is 9.26. The highest BCUT2D eigenvalue weighted by atomic mass is 16.5. The van der Waals surface area contributed by atoms with Gasteiger partial charge in [-0.05, 0) is 13.3 Å². The van der Waals surface area contributed by atoms with Crippen LogP contribution in [0.5, 0.6) is 0 Å². The molecular weight excluding hydrogens is 214 g/mol. The summed E-state index contributed by atoms with van der Waals surface area (Å²) in [6.45, 7) is 2.16. The van der Waals surface area contributed by atoms with Crippen LogP contribution < -0.4 is 0 Å². The maximum atomic E-state index is 11.5. The Bertz CT molecular complexity index is 266. The van der Waals surface area contributed by atoms with E-state index in [1.807, 2.05) is 0 Å². The molecule has 1 amide bonds. The highest BCUT2D eigenvalue weighted by Crippen LogP contribution is 2.19. The zero-order chi connectivity index (χ0) is 12.1. The van der Waals surface area contributed by atoms with Crippen molar-refractivity contribution < 1.29 is 24.5 Å². The predicted molar refractivity (Wildman–Crippen MR) is 54.8 cm³/mol. The van der Waals surface area contributed by atoms with Gasteiger partial charge in [-0.3, -0.25) is 4.79 Å². The Morgan fingerprint density at radius 1 is 1.50 bits per heavy atom. The molecule has 0 aromatic heterocycles. The molecule has 1 aliphatic rings. The summed E-state index contributed by atoms with van der Waals surface area (Å²) < 4.78 is 4.71. The number of aliphatic hydroxyl groups excluding tert-OH is 1. The van der Waals surface area contributed by atoms with Crippen LogP contribution in [0.1, 0.15) is 13.3 Å². The van der Waals surface area contributed by atoms with Gasteiger partial charge in [-0.15, -0.1) is 0 Å². The molecule has 1 rings (SSSR count). The molecule has 0 aliphatic carbocycles. The van der Waals surface area contributed by atoms with Crippen LogP contribution >= 0.6 is 0 Å². The average molecular weight is 231 g/mol. The first-order valence-corrected chi connectivity index (χ1v) is 5.26. The number of carbonyl (C=O) groups excluding carboxylic acids is 1. The lowest BCUT2D eigenvalue weighted by atomic mass is 10.0. The zero-order valence-corrected chi connectivity index (χ0v) is 9.26. The van der Waals surface area contributed by atoms with Gasteiger partial charge >= 0.3 is 5.97 Å². The van der Waals surface area contributed by atoms with E-state index in [-0.39, 0.29) is 18.4 Å². The number of amides is 1. The lowest BCUT2D eigenvalue weighted by Crippen LogP contribution is -2.33. The number of hydrogen-bond donors (Lipinski definition) is 2. The molecule has 2 N–H and O–H groups in total. The SMILES string of the molecule is CC(O)C1CCN(C(=O)COCC(=O)O)C1. The summed E-state index contributed by atoms with van der Waals surface area (Å²) in [5.74, 6) is -1.19. The molecule has 6 nitrogen and oxygen atoms in total. The number of aliphatic hydroxyl groups is 1. The van der Waals surface area contributed by atoms with Crippen molar-refractivity contribution in [1.82, 2.24) is 4.90 Å². The van der Waals surface area contributed by atoms with Gasteiger partial charge in [0.25, 0.3) is 0 Å². The molecule has 0 aromatic carbocycles. The third-order valence-corrected chi connectivity index (χ3v) is 2.71. The summed E-state index contributed by atoms with van der Waals surface area (Å²) in [6, 6.07) is 0. The fourth-order valence-corrected chi connectivity index (χ4v) is 1.72. The second kappa shape index (κ2) is 5.81. The summed E-state index contributed by atoms with van der Waals surface area (Å²) in [5.41, 5.74) is 0. The van der Waals surface area contributed by atoms with E-state index in [0.29, 0.717) is 13.1 Å². The number of aliphatic carboxylic acids is 1. The van der Waals surface area contributed by atoms with Gasteiger partial charge in [-0.1, -0.05) is 0 Å². The third-order valence-electron chi connectivity index (χ3n) is 2.71. The Morgan fingerprint density at radius 2 is 2.19 bits per heavy atom. The van der Waals surface area contributed by atoms with Crippen LogP contribution in [-0.4, -0.2) is 59.4 Å². The second-order valence-electron chi connectivity index (χ2n) is 4.02. The fraction of sp³-hybridized carbons (Fsp3) is 0.800. The number of carboxylic acid groups (broad SMARTS) is 1. The van der Waals surface area contributed by atoms with Gasteiger partial charge in [0.2, 0.25) is 5.91 Å². The van der Waals surface area contributed by atoms with Crippen molar-refractivity contribution in [3.8, 4) is 0 Å². The Labute approximate surface area is 93.8 Å². The number of hydrogen-bond acceptors (Lipinski definition) is 4. The minimum Gasteiger partial charge on any atom is -0.480 e. The standard InChI is InChI=1S/C10H17NO5/c1-7(12)8-2-3-11(4-8)9(13)5-16-6-10(14)15/h7-8,12H,2-6H2,1H3,(H,14,15). The van der Waals surface area contributed by atoms with Crippen molar-refractivity contribution in [1.29, 1.82) is 0 Å². The molecule has 1 heterocycles. The predicted octanol–water partition coefficient (Wildman–Crippen LogP) is -0.683. The first-order chi connectivity index (χ1) is 7.50. The van der Waals surface area contributed by atoms with Crippen LogP contribution in [0.15, 0.2) is 0 Å². The highest BCUT2D eigenvalue weighted by Gasteiger charge is 2.28. The van der Waals surface area contributed by atoms with Crippen molar-refractivity contribution in [2.75, 3.05) is 26.3 Å². The average Bonchev–Trinajstić information content (AvgIpc) is 2.65. The van der Waals surface area contributed by atoms with E-state index in [1.165, 1.54) is 0 Å². The van der Waals surface area contributed by atoms with Crippen LogP contribution in [0, 0.1) is 5.92 Å².